The zero-order valence-corrected chi connectivity index (χ0v) is 16.4. The molecule has 0 bridgehead atoms. The van der Waals surface area contributed by atoms with Crippen LogP contribution >= 0.6 is 0 Å². The number of aryl methyl sites for hydroxylation is 1. The van der Waals surface area contributed by atoms with Crippen LogP contribution < -0.4 is 4.90 Å². The Labute approximate surface area is 169 Å². The van der Waals surface area contributed by atoms with Crippen molar-refractivity contribution in [1.29, 1.82) is 5.26 Å². The molecule has 1 atom stereocenters. The minimum atomic E-state index is -0.971. The quantitative estimate of drug-likeness (QED) is 0.566. The van der Waals surface area contributed by atoms with Crippen molar-refractivity contribution < 1.29 is 18.7 Å². The lowest BCUT2D eigenvalue weighted by Crippen LogP contribution is -2.40. The molecule has 2 aromatic carbocycles. The molecule has 0 aliphatic carbocycles. The van der Waals surface area contributed by atoms with Gasteiger partial charge in [-0.05, 0) is 37.6 Å². The van der Waals surface area contributed by atoms with Gasteiger partial charge in [-0.15, -0.1) is 0 Å². The number of furan rings is 1. The fraction of sp³-hybridized carbons (Fsp3) is 0.261. The minimum absolute atomic E-state index is 0.0111. The van der Waals surface area contributed by atoms with Crippen LogP contribution in [0.5, 0.6) is 0 Å². The lowest BCUT2D eigenvalue weighted by molar-refractivity contribution is -0.153. The fourth-order valence-electron chi connectivity index (χ4n) is 3.13. The highest BCUT2D eigenvalue weighted by Gasteiger charge is 2.25. The third kappa shape index (κ3) is 4.82. The normalized spacial score (nSPS) is 11.6. The number of carbonyl (C=O) groups is 2. The lowest BCUT2D eigenvalue weighted by Gasteiger charge is -2.25. The highest BCUT2D eigenvalue weighted by molar-refractivity contribution is 5.97. The Bertz CT molecular complexity index is 1050. The second kappa shape index (κ2) is 9.07. The molecule has 148 valence electrons. The van der Waals surface area contributed by atoms with Gasteiger partial charge in [0.1, 0.15) is 5.58 Å². The summed E-state index contributed by atoms with van der Waals surface area (Å²) in [5.41, 5.74) is 3.16. The molecule has 0 radical (unpaired) electrons. The highest BCUT2D eigenvalue weighted by atomic mass is 16.5. The second-order valence-electron chi connectivity index (χ2n) is 6.80. The number of hydrogen-bond donors (Lipinski definition) is 0. The van der Waals surface area contributed by atoms with Crippen LogP contribution in [-0.2, 0) is 20.7 Å². The first-order valence-electron chi connectivity index (χ1n) is 9.39. The van der Waals surface area contributed by atoms with Crippen LogP contribution in [0.25, 0.3) is 11.0 Å². The predicted molar refractivity (Wildman–Crippen MR) is 109 cm³/mol. The summed E-state index contributed by atoms with van der Waals surface area (Å²) >= 11 is 0. The number of fused-ring (bicyclic) bond motifs is 1. The molecule has 0 spiro atoms. The Morgan fingerprint density at radius 2 is 1.97 bits per heavy atom. The van der Waals surface area contributed by atoms with Crippen molar-refractivity contribution in [3.8, 4) is 6.07 Å². The molecule has 3 rings (SSSR count). The molecule has 0 aliphatic heterocycles. The van der Waals surface area contributed by atoms with E-state index < -0.39 is 12.1 Å². The van der Waals surface area contributed by atoms with Crippen LogP contribution in [0.3, 0.4) is 0 Å². The molecule has 1 aromatic heterocycles. The molecule has 0 saturated carbocycles. The van der Waals surface area contributed by atoms with E-state index in [2.05, 4.69) is 0 Å². The van der Waals surface area contributed by atoms with Gasteiger partial charge in [-0.2, -0.15) is 5.26 Å². The van der Waals surface area contributed by atoms with Gasteiger partial charge in [-0.3, -0.25) is 9.59 Å². The number of amides is 1. The zero-order valence-electron chi connectivity index (χ0n) is 16.4. The second-order valence-corrected chi connectivity index (χ2v) is 6.80. The van der Waals surface area contributed by atoms with E-state index in [9.17, 15) is 9.59 Å². The maximum absolute atomic E-state index is 12.9. The third-order valence-corrected chi connectivity index (χ3v) is 4.58. The summed E-state index contributed by atoms with van der Waals surface area (Å²) in [6, 6.07) is 16.8. The zero-order chi connectivity index (χ0) is 20.8. The Hall–Kier alpha value is -3.59. The molecule has 6 heteroatoms. The minimum Gasteiger partial charge on any atom is -0.464 e. The van der Waals surface area contributed by atoms with Crippen molar-refractivity contribution in [2.24, 2.45) is 0 Å². The Balaban J connectivity index is 1.68. The van der Waals surface area contributed by atoms with E-state index in [1.807, 2.05) is 49.4 Å². The molecule has 6 nitrogen and oxygen atoms in total. The monoisotopic (exact) mass is 390 g/mol. The average Bonchev–Trinajstić information content (AvgIpc) is 3.10. The molecule has 0 saturated heterocycles. The van der Waals surface area contributed by atoms with Crippen LogP contribution in [-0.4, -0.2) is 24.5 Å². The maximum atomic E-state index is 12.9. The molecular formula is C23H22N2O4. The van der Waals surface area contributed by atoms with E-state index in [-0.39, 0.29) is 25.3 Å². The molecule has 1 heterocycles. The van der Waals surface area contributed by atoms with Gasteiger partial charge in [-0.25, -0.2) is 0 Å². The molecule has 3 aromatic rings. The Morgan fingerprint density at radius 1 is 1.21 bits per heavy atom. The van der Waals surface area contributed by atoms with Crippen molar-refractivity contribution in [1.82, 2.24) is 0 Å². The fourth-order valence-corrected chi connectivity index (χ4v) is 3.13. The van der Waals surface area contributed by atoms with Crippen molar-refractivity contribution in [3.63, 3.8) is 0 Å². The summed E-state index contributed by atoms with van der Waals surface area (Å²) in [5, 5.41) is 9.75. The number of nitrogens with zero attached hydrogens (tertiary/aromatic N) is 2. The van der Waals surface area contributed by atoms with E-state index in [0.29, 0.717) is 16.8 Å². The number of ether oxygens (including phenoxy) is 1. The van der Waals surface area contributed by atoms with E-state index in [0.717, 1.165) is 10.9 Å². The molecular weight excluding hydrogens is 368 g/mol. The first kappa shape index (κ1) is 20.2. The number of carbonyl (C=O) groups excluding carboxylic acids is 2. The third-order valence-electron chi connectivity index (χ3n) is 4.58. The topological polar surface area (TPSA) is 83.5 Å². The van der Waals surface area contributed by atoms with Gasteiger partial charge >= 0.3 is 5.97 Å². The van der Waals surface area contributed by atoms with E-state index in [1.54, 1.807) is 25.3 Å². The highest BCUT2D eigenvalue weighted by Crippen LogP contribution is 2.23. The van der Waals surface area contributed by atoms with Gasteiger partial charge in [0.2, 0.25) is 0 Å². The van der Waals surface area contributed by atoms with Gasteiger partial charge in [0.15, 0.2) is 6.10 Å². The number of esters is 1. The summed E-state index contributed by atoms with van der Waals surface area (Å²) in [4.78, 5) is 26.7. The van der Waals surface area contributed by atoms with Crippen molar-refractivity contribution in [3.05, 3.63) is 65.9 Å². The van der Waals surface area contributed by atoms with E-state index in [4.69, 9.17) is 14.4 Å². The summed E-state index contributed by atoms with van der Waals surface area (Å²) < 4.78 is 10.9. The van der Waals surface area contributed by atoms with Gasteiger partial charge in [0.05, 0.1) is 25.2 Å². The van der Waals surface area contributed by atoms with Crippen molar-refractivity contribution in [2.45, 2.75) is 32.8 Å². The summed E-state index contributed by atoms with van der Waals surface area (Å²) in [7, 11) is 0. The van der Waals surface area contributed by atoms with Crippen LogP contribution in [0.2, 0.25) is 0 Å². The number of nitriles is 1. The van der Waals surface area contributed by atoms with E-state index in [1.165, 1.54) is 4.90 Å². The van der Waals surface area contributed by atoms with Crippen molar-refractivity contribution >= 4 is 28.5 Å². The molecule has 29 heavy (non-hydrogen) atoms. The molecule has 1 amide bonds. The van der Waals surface area contributed by atoms with Gasteiger partial charge in [0, 0.05) is 23.2 Å². The Kier molecular flexibility index (Phi) is 6.30. The number of para-hydroxylation sites is 1. The van der Waals surface area contributed by atoms with Crippen LogP contribution in [0.4, 0.5) is 5.69 Å². The number of benzene rings is 2. The largest absolute Gasteiger partial charge is 0.464 e. The van der Waals surface area contributed by atoms with Crippen LogP contribution in [0.1, 0.15) is 24.5 Å². The maximum Gasteiger partial charge on any atom is 0.311 e. The van der Waals surface area contributed by atoms with Gasteiger partial charge in [-0.1, -0.05) is 30.3 Å². The molecule has 0 unspecified atom stereocenters. The molecule has 0 N–H and O–H groups in total. The summed E-state index contributed by atoms with van der Waals surface area (Å²) in [6.45, 7) is 3.74. The number of hydrogen-bond acceptors (Lipinski definition) is 5. The summed E-state index contributed by atoms with van der Waals surface area (Å²) in [5.74, 6) is -0.880. The van der Waals surface area contributed by atoms with Gasteiger partial charge < -0.3 is 14.1 Å². The number of anilines is 1. The first-order chi connectivity index (χ1) is 14.0. The predicted octanol–water partition coefficient (Wildman–Crippen LogP) is 4.16. The summed E-state index contributed by atoms with van der Waals surface area (Å²) in [6.07, 6.45) is 0.766. The molecule has 0 fully saturated rings. The first-order valence-corrected chi connectivity index (χ1v) is 9.39. The van der Waals surface area contributed by atoms with Crippen LogP contribution in [0, 0.1) is 18.3 Å². The smallest absolute Gasteiger partial charge is 0.311 e. The lowest BCUT2D eigenvalue weighted by atomic mass is 10.1. The Morgan fingerprint density at radius 3 is 2.69 bits per heavy atom. The van der Waals surface area contributed by atoms with Gasteiger partial charge in [0.25, 0.3) is 5.91 Å². The van der Waals surface area contributed by atoms with E-state index >= 15 is 0 Å². The standard InChI is InChI=1S/C23H22N2O4/c1-16-9-10-20-18(15-28-21(20)13-16)14-22(26)29-17(2)23(27)25(12-6-11-24)19-7-4-3-5-8-19/h3-5,7-10,13,15,17H,6,12,14H2,1-2H3/t17-/m0/s1. The van der Waals surface area contributed by atoms with Crippen molar-refractivity contribution in [2.75, 3.05) is 11.4 Å². The van der Waals surface area contributed by atoms with Crippen LogP contribution in [0.15, 0.2) is 59.2 Å². The number of rotatable bonds is 7. The molecule has 0 aliphatic rings. The average molecular weight is 390 g/mol. The SMILES string of the molecule is Cc1ccc2c(CC(=O)O[C@@H](C)C(=O)N(CCC#N)c3ccccc3)coc2c1.